The van der Waals surface area contributed by atoms with Gasteiger partial charge in [-0.25, -0.2) is 9.37 Å². The van der Waals surface area contributed by atoms with Gasteiger partial charge in [-0.3, -0.25) is 14.4 Å². The Morgan fingerprint density at radius 1 is 1.09 bits per heavy atom. The Balaban J connectivity index is 1.33. The minimum atomic E-state index is -0.852. The van der Waals surface area contributed by atoms with Crippen molar-refractivity contribution in [2.24, 2.45) is 5.92 Å². The van der Waals surface area contributed by atoms with Crippen LogP contribution < -0.4 is 10.6 Å². The highest BCUT2D eigenvalue weighted by atomic mass is 32.1. The standard InChI is InChI=1S/C35H39FN4O4S/c1-5-31(41)40-17-9-12-29(40)32(44-4)22(3)33(42)38-28(19-23-10-7-6-8-11-23)34(43)37-26-15-13-24(18-21(26)2)35-39-27-20-25(36)14-16-30(27)45-35/h6-8,10-11,13-16,18,20,22,28-29,32H,5,9,12,17,19H2,1-4H3,(H,37,43)(H,38,42)/t22-,28+,29+,32-/m1/s1. The minimum absolute atomic E-state index is 0.0481. The fraction of sp³-hybridized carbons (Fsp3) is 0.371. The normalized spacial score (nSPS) is 16.7. The molecule has 1 aliphatic rings. The molecule has 4 aromatic rings. The number of likely N-dealkylation sites (tertiary alicyclic amines) is 1. The minimum Gasteiger partial charge on any atom is -0.378 e. The van der Waals surface area contributed by atoms with Crippen molar-refractivity contribution in [1.82, 2.24) is 15.2 Å². The molecule has 3 amide bonds. The van der Waals surface area contributed by atoms with Crippen molar-refractivity contribution in [3.8, 4) is 10.6 Å². The van der Waals surface area contributed by atoms with Crippen LogP contribution in [0.2, 0.25) is 0 Å². The lowest BCUT2D eigenvalue weighted by atomic mass is 9.94. The van der Waals surface area contributed by atoms with E-state index >= 15 is 0 Å². The van der Waals surface area contributed by atoms with E-state index in [1.807, 2.05) is 67.3 Å². The van der Waals surface area contributed by atoms with Crippen LogP contribution in [0, 0.1) is 18.7 Å². The van der Waals surface area contributed by atoms with E-state index in [-0.39, 0.29) is 29.6 Å². The first-order chi connectivity index (χ1) is 21.7. The molecule has 0 radical (unpaired) electrons. The van der Waals surface area contributed by atoms with Gasteiger partial charge in [0.05, 0.1) is 28.3 Å². The highest BCUT2D eigenvalue weighted by molar-refractivity contribution is 7.21. The molecule has 45 heavy (non-hydrogen) atoms. The summed E-state index contributed by atoms with van der Waals surface area (Å²) in [5.74, 6) is -1.53. The van der Waals surface area contributed by atoms with Crippen LogP contribution in [0.5, 0.6) is 0 Å². The number of aryl methyl sites for hydroxylation is 1. The van der Waals surface area contributed by atoms with E-state index in [1.54, 1.807) is 20.1 Å². The van der Waals surface area contributed by atoms with E-state index in [4.69, 9.17) is 4.74 Å². The maximum absolute atomic E-state index is 13.8. The van der Waals surface area contributed by atoms with Crippen LogP contribution in [0.1, 0.15) is 44.2 Å². The number of thiazole rings is 1. The highest BCUT2D eigenvalue weighted by Gasteiger charge is 2.40. The Hall–Kier alpha value is -4.15. The molecular formula is C35H39FN4O4S. The van der Waals surface area contributed by atoms with E-state index in [0.29, 0.717) is 30.6 Å². The van der Waals surface area contributed by atoms with E-state index in [0.717, 1.165) is 39.2 Å². The number of nitrogens with zero attached hydrogens (tertiary/aromatic N) is 2. The Labute approximate surface area is 267 Å². The second kappa shape index (κ2) is 14.3. The molecule has 3 aromatic carbocycles. The molecule has 0 unspecified atom stereocenters. The summed E-state index contributed by atoms with van der Waals surface area (Å²) in [6.45, 7) is 6.17. The lowest BCUT2D eigenvalue weighted by molar-refractivity contribution is -0.140. The number of carbonyl (C=O) groups excluding carboxylic acids is 3. The second-order valence-corrected chi connectivity index (χ2v) is 12.6. The summed E-state index contributed by atoms with van der Waals surface area (Å²) in [7, 11) is 1.56. The summed E-state index contributed by atoms with van der Waals surface area (Å²) in [6, 6.07) is 18.7. The molecule has 8 nitrogen and oxygen atoms in total. The van der Waals surface area contributed by atoms with Crippen LogP contribution in [0.3, 0.4) is 0 Å². The van der Waals surface area contributed by atoms with Crippen LogP contribution in [0.25, 0.3) is 20.8 Å². The van der Waals surface area contributed by atoms with Crippen LogP contribution in [-0.2, 0) is 25.5 Å². The molecule has 1 aliphatic heterocycles. The number of rotatable bonds is 11. The first-order valence-electron chi connectivity index (χ1n) is 15.3. The van der Waals surface area contributed by atoms with Crippen LogP contribution in [-0.4, -0.2) is 59.4 Å². The number of hydrogen-bond donors (Lipinski definition) is 2. The van der Waals surface area contributed by atoms with Gasteiger partial charge in [0.15, 0.2) is 0 Å². The van der Waals surface area contributed by atoms with Crippen molar-refractivity contribution in [3.63, 3.8) is 0 Å². The van der Waals surface area contributed by atoms with Gasteiger partial charge in [0.2, 0.25) is 17.7 Å². The number of amides is 3. The quantitative estimate of drug-likeness (QED) is 0.208. The fourth-order valence-electron chi connectivity index (χ4n) is 6.03. The zero-order chi connectivity index (χ0) is 32.1. The number of anilines is 1. The molecular weight excluding hydrogens is 591 g/mol. The lowest BCUT2D eigenvalue weighted by Crippen LogP contribution is -2.53. The zero-order valence-electron chi connectivity index (χ0n) is 26.0. The molecule has 0 bridgehead atoms. The Kier molecular flexibility index (Phi) is 10.2. The molecule has 5 rings (SSSR count). The average molecular weight is 631 g/mol. The molecule has 0 saturated carbocycles. The van der Waals surface area contributed by atoms with Crippen LogP contribution in [0.15, 0.2) is 66.7 Å². The van der Waals surface area contributed by atoms with Crippen molar-refractivity contribution in [2.45, 2.75) is 64.6 Å². The predicted octanol–water partition coefficient (Wildman–Crippen LogP) is 6.13. The largest absolute Gasteiger partial charge is 0.378 e. The number of hydrogen-bond acceptors (Lipinski definition) is 6. The monoisotopic (exact) mass is 630 g/mol. The number of carbonyl (C=O) groups is 3. The summed E-state index contributed by atoms with van der Waals surface area (Å²) in [5, 5.41) is 6.75. The molecule has 2 heterocycles. The van der Waals surface area contributed by atoms with Gasteiger partial charge in [-0.2, -0.15) is 0 Å². The van der Waals surface area contributed by atoms with Gasteiger partial charge in [0.1, 0.15) is 16.9 Å². The molecule has 0 spiro atoms. The number of ether oxygens (including phenoxy) is 1. The molecule has 2 N–H and O–H groups in total. The smallest absolute Gasteiger partial charge is 0.247 e. The number of methoxy groups -OCH3 is 1. The summed E-state index contributed by atoms with van der Waals surface area (Å²) >= 11 is 1.47. The SMILES string of the molecule is CCC(=O)N1CCC[C@H]1[C@H](OC)[C@@H](C)C(=O)N[C@@H](Cc1ccccc1)C(=O)Nc1ccc(-c2nc3cc(F)ccc3s2)cc1C. The van der Waals surface area contributed by atoms with E-state index in [9.17, 15) is 18.8 Å². The van der Waals surface area contributed by atoms with E-state index in [2.05, 4.69) is 15.6 Å². The predicted molar refractivity (Wildman–Crippen MR) is 175 cm³/mol. The second-order valence-electron chi connectivity index (χ2n) is 11.5. The molecule has 1 saturated heterocycles. The number of aromatic nitrogens is 1. The van der Waals surface area contributed by atoms with Crippen LogP contribution in [0.4, 0.5) is 10.1 Å². The van der Waals surface area contributed by atoms with Gasteiger partial charge in [-0.1, -0.05) is 44.2 Å². The molecule has 1 fully saturated rings. The van der Waals surface area contributed by atoms with Crippen LogP contribution >= 0.6 is 11.3 Å². The summed E-state index contributed by atoms with van der Waals surface area (Å²) < 4.78 is 20.4. The van der Waals surface area contributed by atoms with Gasteiger partial charge >= 0.3 is 0 Å². The Morgan fingerprint density at radius 2 is 1.87 bits per heavy atom. The summed E-state index contributed by atoms with van der Waals surface area (Å²) in [5.41, 5.74) is 3.82. The average Bonchev–Trinajstić information content (AvgIpc) is 3.69. The van der Waals surface area contributed by atoms with Crippen molar-refractivity contribution < 1.29 is 23.5 Å². The maximum atomic E-state index is 13.8. The Bertz CT molecular complexity index is 1680. The third-order valence-corrected chi connectivity index (χ3v) is 9.56. The molecule has 1 aromatic heterocycles. The number of nitrogens with one attached hydrogen (secondary N) is 2. The Morgan fingerprint density at radius 3 is 2.58 bits per heavy atom. The fourth-order valence-corrected chi connectivity index (χ4v) is 6.98. The number of halogens is 1. The van der Waals surface area contributed by atoms with Crippen molar-refractivity contribution >= 4 is 45.0 Å². The first-order valence-corrected chi connectivity index (χ1v) is 16.1. The third kappa shape index (κ3) is 7.40. The molecule has 10 heteroatoms. The first kappa shape index (κ1) is 32.2. The number of benzene rings is 3. The highest BCUT2D eigenvalue weighted by Crippen LogP contribution is 2.32. The molecule has 4 atom stereocenters. The third-order valence-electron chi connectivity index (χ3n) is 8.48. The molecule has 236 valence electrons. The summed E-state index contributed by atoms with van der Waals surface area (Å²) in [6.07, 6.45) is 1.82. The summed E-state index contributed by atoms with van der Waals surface area (Å²) in [4.78, 5) is 46.4. The zero-order valence-corrected chi connectivity index (χ0v) is 26.8. The number of fused-ring (bicyclic) bond motifs is 1. The van der Waals surface area contributed by atoms with Crippen molar-refractivity contribution in [2.75, 3.05) is 19.0 Å². The topological polar surface area (TPSA) is 101 Å². The van der Waals surface area contributed by atoms with E-state index < -0.39 is 18.1 Å². The van der Waals surface area contributed by atoms with Gasteiger partial charge in [-0.05, 0) is 61.2 Å². The lowest BCUT2D eigenvalue weighted by Gasteiger charge is -2.34. The van der Waals surface area contributed by atoms with Gasteiger partial charge < -0.3 is 20.3 Å². The van der Waals surface area contributed by atoms with Crippen molar-refractivity contribution in [3.05, 3.63) is 83.7 Å². The van der Waals surface area contributed by atoms with Crippen molar-refractivity contribution in [1.29, 1.82) is 0 Å². The van der Waals surface area contributed by atoms with Gasteiger partial charge in [-0.15, -0.1) is 11.3 Å². The van der Waals surface area contributed by atoms with Gasteiger partial charge in [0, 0.05) is 43.8 Å². The maximum Gasteiger partial charge on any atom is 0.247 e. The van der Waals surface area contributed by atoms with E-state index in [1.165, 1.54) is 23.5 Å². The van der Waals surface area contributed by atoms with Gasteiger partial charge in [0.25, 0.3) is 0 Å². The molecule has 0 aliphatic carbocycles.